The number of amides is 2. The van der Waals surface area contributed by atoms with Crippen molar-refractivity contribution in [1.29, 1.82) is 0 Å². The first-order chi connectivity index (χ1) is 6.43. The Morgan fingerprint density at radius 1 is 1.07 bits per heavy atom. The predicted molar refractivity (Wildman–Crippen MR) is 50.4 cm³/mol. The van der Waals surface area contributed by atoms with Crippen LogP contribution in [-0.2, 0) is 9.59 Å². The average Bonchev–Trinajstić information content (AvgIpc) is 2.07. The van der Waals surface area contributed by atoms with Crippen LogP contribution in [0.4, 0.5) is 0 Å². The van der Waals surface area contributed by atoms with Crippen molar-refractivity contribution in [2.75, 3.05) is 0 Å². The molecule has 2 amide bonds. The number of hydrogen-bond acceptors (Lipinski definition) is 3. The maximum absolute atomic E-state index is 11.5. The second kappa shape index (κ2) is 3.96. The second-order valence-electron chi connectivity index (χ2n) is 3.96. The van der Waals surface area contributed by atoms with Gasteiger partial charge in [-0.3, -0.25) is 9.59 Å². The topological polar surface area (TPSA) is 78.4 Å². The minimum Gasteiger partial charge on any atom is -0.391 e. The Morgan fingerprint density at radius 2 is 1.50 bits per heavy atom. The number of hydrogen-bond donors (Lipinski definition) is 3. The summed E-state index contributed by atoms with van der Waals surface area (Å²) in [4.78, 5) is 22.9. The smallest absolute Gasteiger partial charge is 0.245 e. The molecule has 1 saturated heterocycles. The summed E-state index contributed by atoms with van der Waals surface area (Å²) in [6.07, 6.45) is -0.868. The largest absolute Gasteiger partial charge is 0.391 e. The Balaban J connectivity index is 2.72. The van der Waals surface area contributed by atoms with Crippen molar-refractivity contribution >= 4 is 11.8 Å². The number of aliphatic hydroxyl groups excluding tert-OH is 1. The van der Waals surface area contributed by atoms with Crippen molar-refractivity contribution in [1.82, 2.24) is 10.6 Å². The van der Waals surface area contributed by atoms with Gasteiger partial charge in [-0.2, -0.15) is 0 Å². The lowest BCUT2D eigenvalue weighted by atomic mass is 9.98. The van der Waals surface area contributed by atoms with Gasteiger partial charge in [0.05, 0.1) is 6.10 Å². The fourth-order valence-electron chi connectivity index (χ4n) is 1.43. The van der Waals surface area contributed by atoms with Crippen molar-refractivity contribution in [3.63, 3.8) is 0 Å². The highest BCUT2D eigenvalue weighted by Crippen LogP contribution is 2.08. The highest BCUT2D eigenvalue weighted by Gasteiger charge is 2.37. The number of carbonyl (C=O) groups excluding carboxylic acids is 2. The predicted octanol–water partition coefficient (Wildman–Crippen LogP) is -0.994. The monoisotopic (exact) mass is 200 g/mol. The first kappa shape index (κ1) is 11.0. The van der Waals surface area contributed by atoms with Gasteiger partial charge in [0, 0.05) is 0 Å². The van der Waals surface area contributed by atoms with Crippen molar-refractivity contribution < 1.29 is 14.7 Å². The SMILES string of the molecule is CC(C)C1NC(=O)C(C(C)O)NC1=O. The van der Waals surface area contributed by atoms with Crippen LogP contribution in [0.3, 0.4) is 0 Å². The van der Waals surface area contributed by atoms with Crippen molar-refractivity contribution in [3.05, 3.63) is 0 Å². The van der Waals surface area contributed by atoms with E-state index in [0.29, 0.717) is 0 Å². The number of aliphatic hydroxyl groups is 1. The molecule has 14 heavy (non-hydrogen) atoms. The van der Waals surface area contributed by atoms with Gasteiger partial charge in [0.15, 0.2) is 0 Å². The van der Waals surface area contributed by atoms with Crippen LogP contribution < -0.4 is 10.6 Å². The number of carbonyl (C=O) groups is 2. The molecule has 0 saturated carbocycles. The highest BCUT2D eigenvalue weighted by atomic mass is 16.3. The summed E-state index contributed by atoms with van der Waals surface area (Å²) in [5, 5.41) is 14.3. The zero-order chi connectivity index (χ0) is 10.9. The van der Waals surface area contributed by atoms with E-state index in [1.54, 1.807) is 0 Å². The van der Waals surface area contributed by atoms with Gasteiger partial charge in [-0.25, -0.2) is 0 Å². The Morgan fingerprint density at radius 3 is 1.93 bits per heavy atom. The van der Waals surface area contributed by atoms with E-state index in [9.17, 15) is 14.7 Å². The molecule has 0 radical (unpaired) electrons. The molecule has 1 heterocycles. The van der Waals surface area contributed by atoms with Gasteiger partial charge in [-0.1, -0.05) is 13.8 Å². The molecule has 5 nitrogen and oxygen atoms in total. The lowest BCUT2D eigenvalue weighted by Gasteiger charge is -2.32. The van der Waals surface area contributed by atoms with Crippen LogP contribution in [0.1, 0.15) is 20.8 Å². The van der Waals surface area contributed by atoms with Crippen LogP contribution in [0.25, 0.3) is 0 Å². The Labute approximate surface area is 82.9 Å². The maximum Gasteiger partial charge on any atom is 0.245 e. The summed E-state index contributed by atoms with van der Waals surface area (Å²) in [6, 6.07) is -1.31. The van der Waals surface area contributed by atoms with Gasteiger partial charge < -0.3 is 15.7 Å². The molecule has 0 spiro atoms. The van der Waals surface area contributed by atoms with Crippen LogP contribution in [0.2, 0.25) is 0 Å². The van der Waals surface area contributed by atoms with Crippen LogP contribution in [0.15, 0.2) is 0 Å². The van der Waals surface area contributed by atoms with Gasteiger partial charge in [0.2, 0.25) is 11.8 Å². The van der Waals surface area contributed by atoms with Crippen LogP contribution in [-0.4, -0.2) is 35.1 Å². The third kappa shape index (κ3) is 2.04. The molecule has 3 N–H and O–H groups in total. The van der Waals surface area contributed by atoms with E-state index in [2.05, 4.69) is 10.6 Å². The maximum atomic E-state index is 11.5. The third-order valence-corrected chi connectivity index (χ3v) is 2.31. The lowest BCUT2D eigenvalue weighted by molar-refractivity contribution is -0.140. The molecule has 3 atom stereocenters. The summed E-state index contributed by atoms with van der Waals surface area (Å²) in [5.74, 6) is -0.502. The summed E-state index contributed by atoms with van der Waals surface area (Å²) < 4.78 is 0. The Hall–Kier alpha value is -1.10. The number of rotatable bonds is 2. The molecule has 1 aliphatic heterocycles. The minimum atomic E-state index is -0.868. The number of nitrogens with one attached hydrogen (secondary N) is 2. The molecule has 0 bridgehead atoms. The standard InChI is InChI=1S/C9H16N2O3/c1-4(2)6-8(13)11-7(5(3)12)9(14)10-6/h4-7,12H,1-3H3,(H,10,14)(H,11,13). The lowest BCUT2D eigenvalue weighted by Crippen LogP contribution is -2.65. The quantitative estimate of drug-likeness (QED) is 0.535. The van der Waals surface area contributed by atoms with Gasteiger partial charge in [-0.05, 0) is 12.8 Å². The first-order valence-electron chi connectivity index (χ1n) is 4.72. The molecule has 0 aromatic carbocycles. The summed E-state index contributed by atoms with van der Waals surface area (Å²) in [7, 11) is 0. The molecule has 1 aliphatic rings. The van der Waals surface area contributed by atoms with E-state index >= 15 is 0 Å². The van der Waals surface area contributed by atoms with E-state index in [-0.39, 0.29) is 17.7 Å². The molecular formula is C9H16N2O3. The van der Waals surface area contributed by atoms with Gasteiger partial charge in [0.25, 0.3) is 0 Å². The normalized spacial score (nSPS) is 29.8. The molecule has 1 rings (SSSR count). The zero-order valence-electron chi connectivity index (χ0n) is 8.57. The first-order valence-corrected chi connectivity index (χ1v) is 4.72. The van der Waals surface area contributed by atoms with Crippen LogP contribution in [0.5, 0.6) is 0 Å². The molecule has 1 fully saturated rings. The van der Waals surface area contributed by atoms with E-state index in [1.807, 2.05) is 13.8 Å². The molecule has 0 aromatic rings. The molecule has 80 valence electrons. The molecule has 3 unspecified atom stereocenters. The Kier molecular flexibility index (Phi) is 3.10. The van der Waals surface area contributed by atoms with Crippen molar-refractivity contribution in [3.8, 4) is 0 Å². The van der Waals surface area contributed by atoms with Crippen molar-refractivity contribution in [2.45, 2.75) is 39.0 Å². The molecule has 0 aromatic heterocycles. The van der Waals surface area contributed by atoms with E-state index in [0.717, 1.165) is 0 Å². The van der Waals surface area contributed by atoms with Crippen molar-refractivity contribution in [2.24, 2.45) is 5.92 Å². The summed E-state index contributed by atoms with van der Waals surface area (Å²) in [6.45, 7) is 5.18. The van der Waals surface area contributed by atoms with Crippen LogP contribution >= 0.6 is 0 Å². The summed E-state index contributed by atoms with van der Waals surface area (Å²) in [5.41, 5.74) is 0. The zero-order valence-corrected chi connectivity index (χ0v) is 8.57. The van der Waals surface area contributed by atoms with Gasteiger partial charge >= 0.3 is 0 Å². The second-order valence-corrected chi connectivity index (χ2v) is 3.96. The number of piperazine rings is 1. The van der Waals surface area contributed by atoms with E-state index in [1.165, 1.54) is 6.92 Å². The molecular weight excluding hydrogens is 184 g/mol. The highest BCUT2D eigenvalue weighted by molar-refractivity contribution is 5.97. The van der Waals surface area contributed by atoms with Gasteiger partial charge in [-0.15, -0.1) is 0 Å². The molecule has 0 aliphatic carbocycles. The fourth-order valence-corrected chi connectivity index (χ4v) is 1.43. The fraction of sp³-hybridized carbons (Fsp3) is 0.778. The van der Waals surface area contributed by atoms with E-state index < -0.39 is 18.2 Å². The van der Waals surface area contributed by atoms with Gasteiger partial charge in [0.1, 0.15) is 12.1 Å². The van der Waals surface area contributed by atoms with E-state index in [4.69, 9.17) is 0 Å². The minimum absolute atomic E-state index is 0.0499. The molecule has 5 heteroatoms. The Bertz CT molecular complexity index is 224. The average molecular weight is 200 g/mol. The summed E-state index contributed by atoms with van der Waals surface area (Å²) >= 11 is 0. The van der Waals surface area contributed by atoms with Crippen LogP contribution in [0, 0.1) is 5.92 Å². The third-order valence-electron chi connectivity index (χ3n) is 2.31.